The number of quaternary nitrogens is 1. The lowest BCUT2D eigenvalue weighted by Gasteiger charge is -2.41. The fourth-order valence-corrected chi connectivity index (χ4v) is 4.55. The highest BCUT2D eigenvalue weighted by atomic mass is 16.4. The van der Waals surface area contributed by atoms with E-state index in [2.05, 4.69) is 52.0 Å². The van der Waals surface area contributed by atoms with Crippen molar-refractivity contribution in [1.82, 2.24) is 4.48 Å². The number of rotatable bonds is 7. The molecule has 0 spiro atoms. The van der Waals surface area contributed by atoms with Crippen molar-refractivity contribution in [2.45, 2.75) is 53.1 Å². The minimum atomic E-state index is -1.13. The number of benzene rings is 3. The van der Waals surface area contributed by atoms with Gasteiger partial charge in [0.15, 0.2) is 0 Å². The molecule has 0 saturated heterocycles. The Morgan fingerprint density at radius 3 is 1.70 bits per heavy atom. The first-order valence-electron chi connectivity index (χ1n) is 11.3. The minimum absolute atomic E-state index is 0.155. The van der Waals surface area contributed by atoms with Crippen molar-refractivity contribution < 1.29 is 14.7 Å². The summed E-state index contributed by atoms with van der Waals surface area (Å²) in [6.07, 6.45) is 1.81. The standard InChI is InChI=1S/C21H28N2O.C7H6O2/c1-5-19(6-2)23(21(22)24,15-18-13-8-7-9-14-18)20-16(3)11-10-12-17(20)4;8-7(9)6-4-2-1-3-5-6/h7-14,19H,5-6,15H2,1-4H3,(H-,22,24);1-5H,(H,8,9). The van der Waals surface area contributed by atoms with E-state index in [1.807, 2.05) is 24.3 Å². The van der Waals surface area contributed by atoms with E-state index in [1.165, 1.54) is 12.1 Å². The first-order chi connectivity index (χ1) is 15.8. The van der Waals surface area contributed by atoms with Crippen molar-refractivity contribution in [3.63, 3.8) is 0 Å². The molecule has 2 N–H and O–H groups in total. The van der Waals surface area contributed by atoms with E-state index in [4.69, 9.17) is 5.73 Å². The van der Waals surface area contributed by atoms with Crippen LogP contribution in [0.15, 0.2) is 78.9 Å². The Kier molecular flexibility index (Phi) is 9.37. The summed E-state index contributed by atoms with van der Waals surface area (Å²) in [5.74, 6) is -1.13. The van der Waals surface area contributed by atoms with Gasteiger partial charge in [-0.1, -0.05) is 92.7 Å². The molecular weight excluding hydrogens is 412 g/mol. The molecule has 0 bridgehead atoms. The number of carboxylic acid groups (broad SMARTS) is 1. The summed E-state index contributed by atoms with van der Waals surface area (Å²) in [6.45, 7) is 9.02. The molecule has 5 nitrogen and oxygen atoms in total. The van der Waals surface area contributed by atoms with Crippen LogP contribution in [0.25, 0.3) is 0 Å². The van der Waals surface area contributed by atoms with E-state index in [1.54, 1.807) is 18.2 Å². The van der Waals surface area contributed by atoms with Gasteiger partial charge in [0.05, 0.1) is 5.97 Å². The summed E-state index contributed by atoms with van der Waals surface area (Å²) in [7, 11) is 0. The first-order valence-corrected chi connectivity index (χ1v) is 11.3. The number of aromatic carboxylic acids is 1. The van der Waals surface area contributed by atoms with Gasteiger partial charge < -0.3 is 15.6 Å². The third kappa shape index (κ3) is 6.08. The quantitative estimate of drug-likeness (QED) is 0.511. The molecule has 33 heavy (non-hydrogen) atoms. The topological polar surface area (TPSA) is 83.2 Å². The van der Waals surface area contributed by atoms with Crippen molar-refractivity contribution in [3.8, 4) is 0 Å². The fourth-order valence-electron chi connectivity index (χ4n) is 4.55. The predicted octanol–water partition coefficient (Wildman–Crippen LogP) is 5.13. The van der Waals surface area contributed by atoms with Gasteiger partial charge in [0.2, 0.25) is 0 Å². The number of amides is 2. The Balaban J connectivity index is 0.000000357. The van der Waals surface area contributed by atoms with Crippen LogP contribution in [0, 0.1) is 13.8 Å². The van der Waals surface area contributed by atoms with Crippen LogP contribution in [0.4, 0.5) is 10.5 Å². The largest absolute Gasteiger partial charge is 0.545 e. The van der Waals surface area contributed by atoms with Gasteiger partial charge in [-0.05, 0) is 32.3 Å². The molecule has 1 unspecified atom stereocenters. The molecule has 2 amide bonds. The van der Waals surface area contributed by atoms with Crippen LogP contribution in [0.3, 0.4) is 0 Å². The molecular formula is C28H34N2O3. The number of carboxylic acids is 1. The van der Waals surface area contributed by atoms with E-state index in [0.717, 1.165) is 35.2 Å². The minimum Gasteiger partial charge on any atom is -0.545 e. The average Bonchev–Trinajstić information content (AvgIpc) is 2.81. The van der Waals surface area contributed by atoms with Gasteiger partial charge in [0.1, 0.15) is 18.3 Å². The van der Waals surface area contributed by atoms with E-state index >= 15 is 0 Å². The van der Waals surface area contributed by atoms with Crippen LogP contribution >= 0.6 is 0 Å². The summed E-state index contributed by atoms with van der Waals surface area (Å²) in [4.78, 5) is 23.0. The average molecular weight is 447 g/mol. The van der Waals surface area contributed by atoms with Crippen LogP contribution in [0.2, 0.25) is 0 Å². The lowest BCUT2D eigenvalue weighted by molar-refractivity contribution is -0.255. The van der Waals surface area contributed by atoms with Gasteiger partial charge in [-0.25, -0.2) is 9.28 Å². The van der Waals surface area contributed by atoms with Gasteiger partial charge >= 0.3 is 6.03 Å². The van der Waals surface area contributed by atoms with Crippen molar-refractivity contribution in [2.75, 3.05) is 0 Å². The number of carbonyl (C=O) groups is 2. The molecule has 1 atom stereocenters. The Morgan fingerprint density at radius 2 is 1.30 bits per heavy atom. The number of hydrogen-bond donors (Lipinski definition) is 1. The second-order valence-electron chi connectivity index (χ2n) is 8.21. The number of aryl methyl sites for hydroxylation is 2. The summed E-state index contributed by atoms with van der Waals surface area (Å²) >= 11 is 0. The van der Waals surface area contributed by atoms with Crippen molar-refractivity contribution in [3.05, 3.63) is 101 Å². The molecule has 174 valence electrons. The van der Waals surface area contributed by atoms with Gasteiger partial charge in [-0.2, -0.15) is 0 Å². The third-order valence-corrected chi connectivity index (χ3v) is 6.08. The smallest absolute Gasteiger partial charge is 0.419 e. The molecule has 0 aliphatic carbocycles. The maximum Gasteiger partial charge on any atom is 0.419 e. The van der Waals surface area contributed by atoms with Crippen molar-refractivity contribution in [2.24, 2.45) is 5.73 Å². The van der Waals surface area contributed by atoms with E-state index in [0.29, 0.717) is 6.54 Å². The van der Waals surface area contributed by atoms with Crippen molar-refractivity contribution in [1.29, 1.82) is 0 Å². The lowest BCUT2D eigenvalue weighted by Crippen LogP contribution is -2.62. The fraction of sp³-hybridized carbons (Fsp3) is 0.286. The Bertz CT molecular complexity index is 1030. The van der Waals surface area contributed by atoms with Crippen molar-refractivity contribution >= 4 is 17.7 Å². The van der Waals surface area contributed by atoms with Crippen LogP contribution in [0.1, 0.15) is 53.7 Å². The molecule has 0 radical (unpaired) electrons. The van der Waals surface area contributed by atoms with Crippen LogP contribution in [-0.2, 0) is 6.54 Å². The number of nitrogens with two attached hydrogens (primary N) is 1. The second kappa shape index (κ2) is 12.0. The monoisotopic (exact) mass is 446 g/mol. The van der Waals surface area contributed by atoms with Gasteiger partial charge in [-0.3, -0.25) is 0 Å². The summed E-state index contributed by atoms with van der Waals surface area (Å²) < 4.78 is 0.190. The molecule has 0 aliphatic rings. The molecule has 3 aromatic rings. The zero-order valence-corrected chi connectivity index (χ0v) is 20.0. The van der Waals surface area contributed by atoms with Gasteiger partial charge in [0.25, 0.3) is 0 Å². The van der Waals surface area contributed by atoms with E-state index in [-0.39, 0.29) is 22.1 Å². The normalized spacial score (nSPS) is 12.4. The number of hydrogen-bond acceptors (Lipinski definition) is 3. The highest BCUT2D eigenvalue weighted by molar-refractivity contribution is 5.88. The summed E-state index contributed by atoms with van der Waals surface area (Å²) in [5, 5.41) is 10.1. The number of urea groups is 1. The molecule has 0 aliphatic heterocycles. The van der Waals surface area contributed by atoms with Gasteiger partial charge in [-0.15, -0.1) is 0 Å². The summed E-state index contributed by atoms with van der Waals surface area (Å²) in [5.41, 5.74) is 10.7. The molecule has 0 heterocycles. The first kappa shape index (κ1) is 25.8. The third-order valence-electron chi connectivity index (χ3n) is 6.08. The number of para-hydroxylation sites is 1. The second-order valence-corrected chi connectivity index (χ2v) is 8.21. The molecule has 3 rings (SSSR count). The lowest BCUT2D eigenvalue weighted by atomic mass is 9.97. The summed E-state index contributed by atoms with van der Waals surface area (Å²) in [6, 6.07) is 24.3. The highest BCUT2D eigenvalue weighted by Crippen LogP contribution is 2.37. The SMILES string of the molecule is CCC(CC)[N+](Cc1ccccc1)(C(N)=O)c1c(C)cccc1C.O=C([O-])c1ccccc1. The van der Waals surface area contributed by atoms with Crippen LogP contribution in [0.5, 0.6) is 0 Å². The maximum absolute atomic E-state index is 12.9. The van der Waals surface area contributed by atoms with E-state index in [9.17, 15) is 14.7 Å². The molecule has 3 aromatic carbocycles. The zero-order valence-electron chi connectivity index (χ0n) is 20.0. The maximum atomic E-state index is 12.9. The Morgan fingerprint density at radius 1 is 0.818 bits per heavy atom. The number of primary amides is 1. The molecule has 5 heteroatoms. The highest BCUT2D eigenvalue weighted by Gasteiger charge is 2.45. The van der Waals surface area contributed by atoms with E-state index < -0.39 is 5.97 Å². The zero-order chi connectivity index (χ0) is 24.4. The molecule has 0 aromatic heterocycles. The van der Waals surface area contributed by atoms with Gasteiger partial charge in [0, 0.05) is 16.7 Å². The Labute approximate surface area is 197 Å². The van der Waals surface area contributed by atoms with Crippen LogP contribution in [-0.4, -0.2) is 18.0 Å². The number of nitrogens with zero attached hydrogens (tertiary/aromatic N) is 1. The molecule has 0 fully saturated rings. The number of carbonyl (C=O) groups excluding carboxylic acids is 2. The van der Waals surface area contributed by atoms with Crippen LogP contribution < -0.4 is 15.3 Å². The Hall–Kier alpha value is -3.44. The molecule has 0 saturated carbocycles. The predicted molar refractivity (Wildman–Crippen MR) is 133 cm³/mol.